The Labute approximate surface area is 228 Å². The van der Waals surface area contributed by atoms with Crippen molar-refractivity contribution in [3.63, 3.8) is 0 Å². The lowest BCUT2D eigenvalue weighted by molar-refractivity contribution is 0.103. The molecule has 0 heterocycles. The number of halogens is 8. The maximum absolute atomic E-state index is 13.0. The van der Waals surface area contributed by atoms with Gasteiger partial charge in [-0.25, -0.2) is 0 Å². The van der Waals surface area contributed by atoms with Crippen molar-refractivity contribution in [1.82, 2.24) is 0 Å². The Balaban J connectivity index is 2.26. The lowest BCUT2D eigenvalue weighted by Gasteiger charge is -2.15. The monoisotopic (exact) mass is 746 g/mol. The van der Waals surface area contributed by atoms with Crippen LogP contribution in [0.5, 0.6) is 11.5 Å². The summed E-state index contributed by atoms with van der Waals surface area (Å²) in [6, 6.07) is 6.00. The standard InChI is InChI=1S/C19H14Br4Cl4O3/c20-5-11(22)7-29-18-13(24)1-9(2-14(18)25)17(28)10-3-15(26)19(16(27)4-10)30-8-12(23)6-21/h1-4,11-12H,5-8H2. The van der Waals surface area contributed by atoms with Gasteiger partial charge in [-0.1, -0.05) is 110 Å². The number of carbonyl (C=O) groups excluding carboxylic acids is 1. The van der Waals surface area contributed by atoms with E-state index in [2.05, 4.69) is 63.7 Å². The Morgan fingerprint density at radius 1 is 0.733 bits per heavy atom. The molecule has 0 fully saturated rings. The summed E-state index contributed by atoms with van der Waals surface area (Å²) >= 11 is 38.8. The van der Waals surface area contributed by atoms with Crippen LogP contribution >= 0.6 is 110 Å². The summed E-state index contributed by atoms with van der Waals surface area (Å²) in [5.74, 6) is 0.297. The molecule has 0 saturated carbocycles. The lowest BCUT2D eigenvalue weighted by Crippen LogP contribution is -2.13. The molecule has 0 saturated heterocycles. The largest absolute Gasteiger partial charge is 0.489 e. The average Bonchev–Trinajstić information content (AvgIpc) is 2.71. The van der Waals surface area contributed by atoms with E-state index >= 15 is 0 Å². The fourth-order valence-electron chi connectivity index (χ4n) is 2.26. The fourth-order valence-corrected chi connectivity index (χ4v) is 4.09. The van der Waals surface area contributed by atoms with Gasteiger partial charge in [-0.2, -0.15) is 0 Å². The first kappa shape index (κ1) is 27.0. The van der Waals surface area contributed by atoms with Crippen LogP contribution in [0.2, 0.25) is 20.1 Å². The van der Waals surface area contributed by atoms with Crippen molar-refractivity contribution in [3.8, 4) is 11.5 Å². The van der Waals surface area contributed by atoms with E-state index in [0.29, 0.717) is 35.4 Å². The van der Waals surface area contributed by atoms with Gasteiger partial charge in [0.05, 0.1) is 29.7 Å². The highest BCUT2D eigenvalue weighted by Gasteiger charge is 2.20. The molecule has 0 bridgehead atoms. The Morgan fingerprint density at radius 3 is 1.30 bits per heavy atom. The van der Waals surface area contributed by atoms with Crippen molar-refractivity contribution in [2.45, 2.75) is 9.65 Å². The van der Waals surface area contributed by atoms with Crippen LogP contribution in [0, 0.1) is 0 Å². The molecule has 11 heteroatoms. The summed E-state index contributed by atoms with van der Waals surface area (Å²) in [7, 11) is 0. The maximum atomic E-state index is 13.0. The first-order chi connectivity index (χ1) is 14.2. The van der Waals surface area contributed by atoms with E-state index in [0.717, 1.165) is 0 Å². The second kappa shape index (κ2) is 12.9. The molecular weight excluding hydrogens is 738 g/mol. The van der Waals surface area contributed by atoms with E-state index in [1.54, 1.807) is 0 Å². The number of rotatable bonds is 10. The molecule has 0 amide bonds. The van der Waals surface area contributed by atoms with Crippen LogP contribution in [0.3, 0.4) is 0 Å². The van der Waals surface area contributed by atoms with Crippen molar-refractivity contribution < 1.29 is 14.3 Å². The summed E-state index contributed by atoms with van der Waals surface area (Å²) in [6.07, 6.45) is 0. The third-order valence-corrected chi connectivity index (χ3v) is 9.27. The summed E-state index contributed by atoms with van der Waals surface area (Å²) < 4.78 is 11.3. The molecule has 2 rings (SSSR count). The molecule has 0 aliphatic heterocycles. The molecule has 0 aromatic heterocycles. The van der Waals surface area contributed by atoms with Gasteiger partial charge in [-0.3, -0.25) is 4.79 Å². The Kier molecular flexibility index (Phi) is 11.6. The number of benzene rings is 2. The number of hydrogen-bond acceptors (Lipinski definition) is 3. The zero-order valence-corrected chi connectivity index (χ0v) is 24.4. The predicted octanol–water partition coefficient (Wildman–Crippen LogP) is 8.61. The Hall–Kier alpha value is 0.790. The van der Waals surface area contributed by atoms with E-state index in [-0.39, 0.29) is 46.7 Å². The zero-order valence-electron chi connectivity index (χ0n) is 15.0. The van der Waals surface area contributed by atoms with Gasteiger partial charge in [0, 0.05) is 21.8 Å². The molecule has 0 aliphatic carbocycles. The minimum atomic E-state index is -0.335. The van der Waals surface area contributed by atoms with Crippen LogP contribution < -0.4 is 9.47 Å². The van der Waals surface area contributed by atoms with Gasteiger partial charge >= 0.3 is 0 Å². The van der Waals surface area contributed by atoms with Gasteiger partial charge in [0.25, 0.3) is 0 Å². The minimum Gasteiger partial charge on any atom is -0.489 e. The summed E-state index contributed by atoms with van der Waals surface area (Å²) in [4.78, 5) is 13.1. The first-order valence-corrected chi connectivity index (χ1v) is 13.9. The van der Waals surface area contributed by atoms with Crippen LogP contribution in [0.25, 0.3) is 0 Å². The number of hydrogen-bond donors (Lipinski definition) is 0. The highest BCUT2D eigenvalue weighted by Crippen LogP contribution is 2.38. The normalized spacial score (nSPS) is 13.1. The van der Waals surface area contributed by atoms with Crippen LogP contribution in [0.4, 0.5) is 0 Å². The summed E-state index contributed by atoms with van der Waals surface area (Å²) in [5.41, 5.74) is 0.572. The molecule has 0 aliphatic rings. The molecule has 30 heavy (non-hydrogen) atoms. The maximum Gasteiger partial charge on any atom is 0.193 e. The van der Waals surface area contributed by atoms with E-state index in [9.17, 15) is 4.79 Å². The van der Waals surface area contributed by atoms with E-state index < -0.39 is 0 Å². The topological polar surface area (TPSA) is 35.5 Å². The number of ether oxygens (including phenoxy) is 2. The minimum absolute atomic E-state index is 0.0882. The van der Waals surface area contributed by atoms with E-state index in [4.69, 9.17) is 55.9 Å². The van der Waals surface area contributed by atoms with Crippen molar-refractivity contribution in [2.24, 2.45) is 0 Å². The van der Waals surface area contributed by atoms with Gasteiger partial charge < -0.3 is 9.47 Å². The first-order valence-electron chi connectivity index (χ1n) is 8.36. The highest BCUT2D eigenvalue weighted by atomic mass is 79.9. The van der Waals surface area contributed by atoms with Crippen molar-refractivity contribution in [3.05, 3.63) is 55.5 Å². The van der Waals surface area contributed by atoms with Crippen molar-refractivity contribution in [1.29, 1.82) is 0 Å². The molecule has 2 unspecified atom stereocenters. The summed E-state index contributed by atoms with van der Waals surface area (Å²) in [6.45, 7) is 0.712. The number of ketones is 1. The van der Waals surface area contributed by atoms with E-state index in [1.807, 2.05) is 0 Å². The Morgan fingerprint density at radius 2 is 1.03 bits per heavy atom. The molecule has 0 N–H and O–H groups in total. The Bertz CT molecular complexity index is 796. The van der Waals surface area contributed by atoms with Crippen LogP contribution in [0.1, 0.15) is 15.9 Å². The molecule has 2 aromatic rings. The lowest BCUT2D eigenvalue weighted by atomic mass is 10.0. The molecule has 164 valence electrons. The van der Waals surface area contributed by atoms with E-state index in [1.165, 1.54) is 24.3 Å². The van der Waals surface area contributed by atoms with Gasteiger partial charge in [0.2, 0.25) is 0 Å². The zero-order chi connectivity index (χ0) is 22.4. The molecule has 2 aromatic carbocycles. The molecule has 0 radical (unpaired) electrons. The second-order valence-corrected chi connectivity index (χ2v) is 11.5. The fraction of sp³-hybridized carbons (Fsp3) is 0.316. The van der Waals surface area contributed by atoms with Crippen molar-refractivity contribution in [2.75, 3.05) is 23.9 Å². The van der Waals surface area contributed by atoms with Crippen LogP contribution in [-0.2, 0) is 0 Å². The van der Waals surface area contributed by atoms with Gasteiger partial charge in [-0.15, -0.1) is 0 Å². The number of carbonyl (C=O) groups is 1. The second-order valence-electron chi connectivity index (χ2n) is 5.99. The van der Waals surface area contributed by atoms with Gasteiger partial charge in [0.15, 0.2) is 17.3 Å². The van der Waals surface area contributed by atoms with Crippen LogP contribution in [0.15, 0.2) is 24.3 Å². The third kappa shape index (κ3) is 7.41. The third-order valence-electron chi connectivity index (χ3n) is 3.67. The number of alkyl halides is 4. The average molecular weight is 752 g/mol. The van der Waals surface area contributed by atoms with Crippen LogP contribution in [-0.4, -0.2) is 39.3 Å². The van der Waals surface area contributed by atoms with Crippen molar-refractivity contribution >= 4 is 116 Å². The molecule has 2 atom stereocenters. The highest BCUT2D eigenvalue weighted by molar-refractivity contribution is 9.12. The van der Waals surface area contributed by atoms with Gasteiger partial charge in [-0.05, 0) is 24.3 Å². The molecular formula is C19H14Br4Cl4O3. The quantitative estimate of drug-likeness (QED) is 0.180. The molecule has 0 spiro atoms. The predicted molar refractivity (Wildman–Crippen MR) is 140 cm³/mol. The smallest absolute Gasteiger partial charge is 0.193 e. The van der Waals surface area contributed by atoms with Gasteiger partial charge in [0.1, 0.15) is 13.2 Å². The SMILES string of the molecule is O=C(c1cc(Cl)c(OCC(Br)CBr)c(Cl)c1)c1cc(Cl)c(OCC(Br)CBr)c(Cl)c1. The molecule has 3 nitrogen and oxygen atoms in total. The summed E-state index contributed by atoms with van der Waals surface area (Å²) in [5, 5.41) is 2.33.